The Morgan fingerprint density at radius 3 is 2.46 bits per heavy atom. The summed E-state index contributed by atoms with van der Waals surface area (Å²) in [7, 11) is 0. The number of hydrogen-bond donors (Lipinski definition) is 1. The van der Waals surface area contributed by atoms with Gasteiger partial charge in [0.1, 0.15) is 5.82 Å². The summed E-state index contributed by atoms with van der Waals surface area (Å²) in [4.78, 5) is 15.1. The first-order chi connectivity index (χ1) is 11.7. The van der Waals surface area contributed by atoms with Crippen LogP contribution in [-0.2, 0) is 0 Å². The number of carbonyl (C=O) groups excluding carboxylic acids is 1. The SMILES string of the molecule is O=C(NC1CN2CCC1CC2)c1cccc(-c2ccc(F)cc2)c1. The van der Waals surface area contributed by atoms with Crippen LogP contribution in [0, 0.1) is 11.7 Å². The zero-order valence-corrected chi connectivity index (χ0v) is 13.5. The Kier molecular flexibility index (Phi) is 4.07. The molecule has 1 atom stereocenters. The van der Waals surface area contributed by atoms with Crippen molar-refractivity contribution in [2.45, 2.75) is 18.9 Å². The largest absolute Gasteiger partial charge is 0.348 e. The van der Waals surface area contributed by atoms with Gasteiger partial charge in [0.2, 0.25) is 0 Å². The maximum absolute atomic E-state index is 13.1. The molecule has 0 saturated carbocycles. The Morgan fingerprint density at radius 2 is 1.79 bits per heavy atom. The smallest absolute Gasteiger partial charge is 0.251 e. The minimum absolute atomic E-state index is 0.0160. The average Bonchev–Trinajstić information content (AvgIpc) is 2.63. The third kappa shape index (κ3) is 3.06. The third-order valence-corrected chi connectivity index (χ3v) is 5.27. The molecule has 3 aliphatic heterocycles. The van der Waals surface area contributed by atoms with E-state index in [0.717, 1.165) is 30.8 Å². The number of rotatable bonds is 3. The van der Waals surface area contributed by atoms with E-state index in [9.17, 15) is 9.18 Å². The van der Waals surface area contributed by atoms with Crippen molar-refractivity contribution in [3.05, 3.63) is 59.9 Å². The van der Waals surface area contributed by atoms with Gasteiger partial charge in [-0.15, -0.1) is 0 Å². The highest BCUT2D eigenvalue weighted by molar-refractivity contribution is 5.95. The molecule has 0 aromatic heterocycles. The number of nitrogens with zero attached hydrogens (tertiary/aromatic N) is 1. The van der Waals surface area contributed by atoms with Gasteiger partial charge in [-0.2, -0.15) is 0 Å². The van der Waals surface area contributed by atoms with Crippen LogP contribution in [0.3, 0.4) is 0 Å². The highest BCUT2D eigenvalue weighted by atomic mass is 19.1. The van der Waals surface area contributed by atoms with Crippen molar-refractivity contribution >= 4 is 5.91 Å². The van der Waals surface area contributed by atoms with E-state index in [0.29, 0.717) is 11.5 Å². The lowest BCUT2D eigenvalue weighted by Crippen LogP contribution is -2.57. The predicted octanol–water partition coefficient (Wildman–Crippen LogP) is 3.32. The van der Waals surface area contributed by atoms with Crippen molar-refractivity contribution in [3.8, 4) is 11.1 Å². The number of carbonyl (C=O) groups is 1. The fourth-order valence-corrected chi connectivity index (χ4v) is 3.86. The number of nitrogens with one attached hydrogen (secondary N) is 1. The van der Waals surface area contributed by atoms with Crippen LogP contribution in [-0.4, -0.2) is 36.5 Å². The topological polar surface area (TPSA) is 32.3 Å². The fraction of sp³-hybridized carbons (Fsp3) is 0.350. The van der Waals surface area contributed by atoms with E-state index >= 15 is 0 Å². The molecule has 3 heterocycles. The molecule has 0 radical (unpaired) electrons. The van der Waals surface area contributed by atoms with Gasteiger partial charge in [-0.1, -0.05) is 24.3 Å². The maximum atomic E-state index is 13.1. The van der Waals surface area contributed by atoms with Crippen molar-refractivity contribution in [2.24, 2.45) is 5.92 Å². The van der Waals surface area contributed by atoms with Crippen LogP contribution in [0.5, 0.6) is 0 Å². The van der Waals surface area contributed by atoms with Crippen LogP contribution in [0.1, 0.15) is 23.2 Å². The predicted molar refractivity (Wildman–Crippen MR) is 92.3 cm³/mol. The van der Waals surface area contributed by atoms with Crippen molar-refractivity contribution in [3.63, 3.8) is 0 Å². The lowest BCUT2D eigenvalue weighted by atomic mass is 9.84. The van der Waals surface area contributed by atoms with Gasteiger partial charge in [-0.05, 0) is 67.2 Å². The lowest BCUT2D eigenvalue weighted by Gasteiger charge is -2.44. The molecule has 2 bridgehead atoms. The standard InChI is InChI=1S/C20H21FN2O/c21-18-6-4-14(5-7-18)16-2-1-3-17(12-16)20(24)22-19-13-23-10-8-15(19)9-11-23/h1-7,12,15,19H,8-11,13H2,(H,22,24). The first kappa shape index (κ1) is 15.3. The third-order valence-electron chi connectivity index (χ3n) is 5.27. The van der Waals surface area contributed by atoms with Crippen LogP contribution >= 0.6 is 0 Å². The summed E-state index contributed by atoms with van der Waals surface area (Å²) in [5.74, 6) is 0.340. The van der Waals surface area contributed by atoms with Gasteiger partial charge >= 0.3 is 0 Å². The van der Waals surface area contributed by atoms with E-state index in [1.54, 1.807) is 12.1 Å². The molecular weight excluding hydrogens is 303 g/mol. The highest BCUT2D eigenvalue weighted by Gasteiger charge is 2.34. The quantitative estimate of drug-likeness (QED) is 0.939. The fourth-order valence-electron chi connectivity index (χ4n) is 3.86. The van der Waals surface area contributed by atoms with Crippen molar-refractivity contribution in [1.82, 2.24) is 10.2 Å². The second-order valence-corrected chi connectivity index (χ2v) is 6.81. The minimum Gasteiger partial charge on any atom is -0.348 e. The van der Waals surface area contributed by atoms with Crippen LogP contribution in [0.15, 0.2) is 48.5 Å². The Balaban J connectivity index is 1.50. The molecule has 3 fully saturated rings. The number of hydrogen-bond acceptors (Lipinski definition) is 2. The Morgan fingerprint density at radius 1 is 1.04 bits per heavy atom. The van der Waals surface area contributed by atoms with Crippen molar-refractivity contribution < 1.29 is 9.18 Å². The number of halogens is 1. The first-order valence-electron chi connectivity index (χ1n) is 8.58. The monoisotopic (exact) mass is 324 g/mol. The number of fused-ring (bicyclic) bond motifs is 3. The van der Waals surface area contributed by atoms with E-state index in [2.05, 4.69) is 10.2 Å². The van der Waals surface area contributed by atoms with E-state index in [1.807, 2.05) is 24.3 Å². The molecule has 2 aromatic carbocycles. The summed E-state index contributed by atoms with van der Waals surface area (Å²) in [6.45, 7) is 3.29. The normalized spacial score (nSPS) is 25.5. The molecule has 24 heavy (non-hydrogen) atoms. The minimum atomic E-state index is -0.255. The molecule has 1 N–H and O–H groups in total. The highest BCUT2D eigenvalue weighted by Crippen LogP contribution is 2.28. The van der Waals surface area contributed by atoms with Gasteiger partial charge in [0.05, 0.1) is 0 Å². The number of piperidine rings is 3. The molecule has 3 aliphatic rings. The molecule has 1 unspecified atom stereocenters. The molecule has 0 aliphatic carbocycles. The Hall–Kier alpha value is -2.20. The van der Waals surface area contributed by atoms with Crippen LogP contribution in [0.2, 0.25) is 0 Å². The molecule has 5 rings (SSSR count). The first-order valence-corrected chi connectivity index (χ1v) is 8.58. The zero-order chi connectivity index (χ0) is 16.5. The van der Waals surface area contributed by atoms with Crippen LogP contribution in [0.4, 0.5) is 4.39 Å². The van der Waals surface area contributed by atoms with E-state index in [1.165, 1.54) is 25.0 Å². The Labute approximate surface area is 141 Å². The van der Waals surface area contributed by atoms with Gasteiger partial charge in [-0.25, -0.2) is 4.39 Å². The molecule has 4 heteroatoms. The van der Waals surface area contributed by atoms with Crippen LogP contribution in [0.25, 0.3) is 11.1 Å². The molecule has 1 amide bonds. The van der Waals surface area contributed by atoms with Gasteiger partial charge in [0.15, 0.2) is 0 Å². The van der Waals surface area contributed by atoms with Gasteiger partial charge in [0.25, 0.3) is 5.91 Å². The molecular formula is C20H21FN2O. The lowest BCUT2D eigenvalue weighted by molar-refractivity contribution is 0.0620. The average molecular weight is 324 g/mol. The Bertz CT molecular complexity index is 736. The molecule has 3 saturated heterocycles. The van der Waals surface area contributed by atoms with Crippen molar-refractivity contribution in [1.29, 1.82) is 0 Å². The number of amides is 1. The molecule has 124 valence electrons. The van der Waals surface area contributed by atoms with Gasteiger partial charge in [0, 0.05) is 18.2 Å². The summed E-state index contributed by atoms with van der Waals surface area (Å²) in [5, 5.41) is 3.21. The van der Waals surface area contributed by atoms with E-state index < -0.39 is 0 Å². The summed E-state index contributed by atoms with van der Waals surface area (Å²) < 4.78 is 13.1. The van der Waals surface area contributed by atoms with E-state index in [4.69, 9.17) is 0 Å². The molecule has 3 nitrogen and oxygen atoms in total. The van der Waals surface area contributed by atoms with E-state index in [-0.39, 0.29) is 17.8 Å². The summed E-state index contributed by atoms with van der Waals surface area (Å²) in [6.07, 6.45) is 2.36. The van der Waals surface area contributed by atoms with Gasteiger partial charge < -0.3 is 10.2 Å². The summed E-state index contributed by atoms with van der Waals surface area (Å²) >= 11 is 0. The van der Waals surface area contributed by atoms with Gasteiger partial charge in [-0.3, -0.25) is 4.79 Å². The summed E-state index contributed by atoms with van der Waals surface area (Å²) in [6, 6.07) is 14.1. The van der Waals surface area contributed by atoms with Crippen LogP contribution < -0.4 is 5.32 Å². The molecule has 2 aromatic rings. The second-order valence-electron chi connectivity index (χ2n) is 6.81. The molecule has 0 spiro atoms. The maximum Gasteiger partial charge on any atom is 0.251 e. The second kappa shape index (κ2) is 6.36. The summed E-state index contributed by atoms with van der Waals surface area (Å²) in [5.41, 5.74) is 2.50. The zero-order valence-electron chi connectivity index (χ0n) is 13.5. The number of benzene rings is 2. The van der Waals surface area contributed by atoms with Crippen molar-refractivity contribution in [2.75, 3.05) is 19.6 Å².